The summed E-state index contributed by atoms with van der Waals surface area (Å²) in [5.74, 6) is -1.73. The Balaban J connectivity index is 2.32. The second kappa shape index (κ2) is 6.53. The summed E-state index contributed by atoms with van der Waals surface area (Å²) in [6, 6.07) is 12.8. The van der Waals surface area contributed by atoms with Crippen LogP contribution in [-0.4, -0.2) is 28.0 Å². The standard InChI is InChI=1S/C16H14N2O4/c1-10(17-13-8-4-2-6-11(13)15(19)20)18-14-9-5-3-7-12(14)16(21)22/h2-9H,1H3,(H,17,18)(H,19,20)(H,21,22). The third-order valence-corrected chi connectivity index (χ3v) is 2.90. The molecular formula is C16H14N2O4. The zero-order valence-electron chi connectivity index (χ0n) is 11.8. The number of hydrogen-bond acceptors (Lipinski definition) is 3. The van der Waals surface area contributed by atoms with E-state index in [1.807, 2.05) is 0 Å². The summed E-state index contributed by atoms with van der Waals surface area (Å²) in [7, 11) is 0. The van der Waals surface area contributed by atoms with Crippen LogP contribution in [0.3, 0.4) is 0 Å². The Hall–Kier alpha value is -3.15. The second-order valence-electron chi connectivity index (χ2n) is 4.50. The van der Waals surface area contributed by atoms with Gasteiger partial charge in [0.05, 0.1) is 22.5 Å². The minimum absolute atomic E-state index is 0.0789. The summed E-state index contributed by atoms with van der Waals surface area (Å²) >= 11 is 0. The molecule has 0 heterocycles. The summed E-state index contributed by atoms with van der Waals surface area (Å²) in [6.07, 6.45) is 0. The molecule has 0 spiro atoms. The van der Waals surface area contributed by atoms with Crippen molar-refractivity contribution in [1.82, 2.24) is 0 Å². The second-order valence-corrected chi connectivity index (χ2v) is 4.50. The van der Waals surface area contributed by atoms with E-state index in [2.05, 4.69) is 10.3 Å². The number of benzene rings is 2. The van der Waals surface area contributed by atoms with Crippen molar-refractivity contribution in [3.63, 3.8) is 0 Å². The van der Waals surface area contributed by atoms with E-state index < -0.39 is 11.9 Å². The van der Waals surface area contributed by atoms with Crippen molar-refractivity contribution in [2.24, 2.45) is 4.99 Å². The van der Waals surface area contributed by atoms with Crippen molar-refractivity contribution in [2.45, 2.75) is 6.92 Å². The fourth-order valence-corrected chi connectivity index (χ4v) is 1.93. The lowest BCUT2D eigenvalue weighted by Gasteiger charge is -2.09. The minimum atomic E-state index is -1.07. The topological polar surface area (TPSA) is 99.0 Å². The van der Waals surface area contributed by atoms with Crippen LogP contribution in [0.4, 0.5) is 11.4 Å². The highest BCUT2D eigenvalue weighted by Gasteiger charge is 2.11. The fraction of sp³-hybridized carbons (Fsp3) is 0.0625. The van der Waals surface area contributed by atoms with Gasteiger partial charge in [0.1, 0.15) is 5.84 Å². The zero-order chi connectivity index (χ0) is 16.1. The fourth-order valence-electron chi connectivity index (χ4n) is 1.93. The van der Waals surface area contributed by atoms with Crippen LogP contribution in [0.2, 0.25) is 0 Å². The lowest BCUT2D eigenvalue weighted by atomic mass is 10.1. The molecule has 22 heavy (non-hydrogen) atoms. The maximum absolute atomic E-state index is 11.1. The van der Waals surface area contributed by atoms with E-state index in [1.54, 1.807) is 43.3 Å². The third kappa shape index (κ3) is 3.49. The average molecular weight is 298 g/mol. The maximum atomic E-state index is 11.1. The van der Waals surface area contributed by atoms with E-state index in [1.165, 1.54) is 12.1 Å². The van der Waals surface area contributed by atoms with Crippen LogP contribution >= 0.6 is 0 Å². The average Bonchev–Trinajstić information content (AvgIpc) is 2.47. The minimum Gasteiger partial charge on any atom is -0.478 e. The van der Waals surface area contributed by atoms with Crippen LogP contribution in [-0.2, 0) is 0 Å². The predicted molar refractivity (Wildman–Crippen MR) is 83.2 cm³/mol. The van der Waals surface area contributed by atoms with Crippen molar-refractivity contribution < 1.29 is 19.8 Å². The van der Waals surface area contributed by atoms with Gasteiger partial charge in [0, 0.05) is 0 Å². The lowest BCUT2D eigenvalue weighted by Crippen LogP contribution is -2.11. The van der Waals surface area contributed by atoms with E-state index >= 15 is 0 Å². The van der Waals surface area contributed by atoms with Gasteiger partial charge < -0.3 is 15.5 Å². The Morgan fingerprint density at radius 2 is 1.45 bits per heavy atom. The monoisotopic (exact) mass is 298 g/mol. The molecule has 0 saturated heterocycles. The van der Waals surface area contributed by atoms with Crippen molar-refractivity contribution in [3.05, 3.63) is 59.7 Å². The van der Waals surface area contributed by atoms with E-state index in [0.29, 0.717) is 17.2 Å². The number of nitrogens with zero attached hydrogens (tertiary/aromatic N) is 1. The van der Waals surface area contributed by atoms with Crippen molar-refractivity contribution in [2.75, 3.05) is 5.32 Å². The maximum Gasteiger partial charge on any atom is 0.337 e. The number of aliphatic imine (C=N–C) groups is 1. The summed E-state index contributed by atoms with van der Waals surface area (Å²) in [4.78, 5) is 26.5. The molecule has 0 aliphatic carbocycles. The summed E-state index contributed by atoms with van der Waals surface area (Å²) in [5.41, 5.74) is 0.885. The molecule has 0 unspecified atom stereocenters. The van der Waals surface area contributed by atoms with Crippen LogP contribution in [0.1, 0.15) is 27.6 Å². The number of para-hydroxylation sites is 2. The molecule has 2 rings (SSSR count). The SMILES string of the molecule is CC(=Nc1ccccc1C(=O)O)Nc1ccccc1C(=O)O. The Bertz CT molecular complexity index is 753. The highest BCUT2D eigenvalue weighted by molar-refractivity contribution is 6.03. The van der Waals surface area contributed by atoms with Gasteiger partial charge in [-0.25, -0.2) is 14.6 Å². The van der Waals surface area contributed by atoms with E-state index in [0.717, 1.165) is 0 Å². The van der Waals surface area contributed by atoms with Gasteiger partial charge in [-0.05, 0) is 31.2 Å². The van der Waals surface area contributed by atoms with Gasteiger partial charge in [0.2, 0.25) is 0 Å². The van der Waals surface area contributed by atoms with Gasteiger partial charge >= 0.3 is 11.9 Å². The molecule has 112 valence electrons. The van der Waals surface area contributed by atoms with Gasteiger partial charge in [-0.1, -0.05) is 24.3 Å². The predicted octanol–water partition coefficient (Wildman–Crippen LogP) is 3.25. The molecule has 0 radical (unpaired) electrons. The number of nitrogens with one attached hydrogen (secondary N) is 1. The molecule has 0 saturated carbocycles. The van der Waals surface area contributed by atoms with Crippen LogP contribution in [0.5, 0.6) is 0 Å². The van der Waals surface area contributed by atoms with E-state index in [9.17, 15) is 9.59 Å². The summed E-state index contributed by atoms with van der Waals surface area (Å²) in [6.45, 7) is 1.64. The lowest BCUT2D eigenvalue weighted by molar-refractivity contribution is 0.0687. The molecule has 0 aliphatic heterocycles. The molecule has 0 aliphatic rings. The first-order valence-electron chi connectivity index (χ1n) is 6.46. The van der Waals surface area contributed by atoms with Crippen molar-refractivity contribution >= 4 is 29.1 Å². The summed E-state index contributed by atoms with van der Waals surface area (Å²) in [5, 5.41) is 21.1. The molecule has 0 aromatic heterocycles. The molecule has 0 amide bonds. The molecule has 0 bridgehead atoms. The molecular weight excluding hydrogens is 284 g/mol. The molecule has 2 aromatic carbocycles. The van der Waals surface area contributed by atoms with Gasteiger partial charge in [-0.15, -0.1) is 0 Å². The van der Waals surface area contributed by atoms with Crippen molar-refractivity contribution in [1.29, 1.82) is 0 Å². The number of aromatic carboxylic acids is 2. The Morgan fingerprint density at radius 3 is 2.09 bits per heavy atom. The first kappa shape index (κ1) is 15.2. The van der Waals surface area contributed by atoms with Gasteiger partial charge in [0.25, 0.3) is 0 Å². The zero-order valence-corrected chi connectivity index (χ0v) is 11.8. The molecule has 3 N–H and O–H groups in total. The van der Waals surface area contributed by atoms with Gasteiger partial charge in [-0.3, -0.25) is 0 Å². The molecule has 2 aromatic rings. The number of carboxylic acid groups (broad SMARTS) is 2. The highest BCUT2D eigenvalue weighted by Crippen LogP contribution is 2.20. The number of carboxylic acids is 2. The normalized spacial score (nSPS) is 11.0. The van der Waals surface area contributed by atoms with Crippen LogP contribution in [0.25, 0.3) is 0 Å². The Labute approximate surface area is 126 Å². The Morgan fingerprint density at radius 1 is 0.909 bits per heavy atom. The summed E-state index contributed by atoms with van der Waals surface area (Å²) < 4.78 is 0. The number of hydrogen-bond donors (Lipinski definition) is 3. The molecule has 0 fully saturated rings. The van der Waals surface area contributed by atoms with Crippen LogP contribution in [0.15, 0.2) is 53.5 Å². The number of amidine groups is 1. The van der Waals surface area contributed by atoms with Crippen LogP contribution in [0, 0.1) is 0 Å². The molecule has 6 heteroatoms. The van der Waals surface area contributed by atoms with Crippen molar-refractivity contribution in [3.8, 4) is 0 Å². The molecule has 0 atom stereocenters. The first-order valence-corrected chi connectivity index (χ1v) is 6.46. The highest BCUT2D eigenvalue weighted by atomic mass is 16.4. The molecule has 6 nitrogen and oxygen atoms in total. The largest absolute Gasteiger partial charge is 0.478 e. The van der Waals surface area contributed by atoms with Crippen LogP contribution < -0.4 is 5.32 Å². The number of carbonyl (C=O) groups is 2. The quantitative estimate of drug-likeness (QED) is 0.594. The number of rotatable bonds is 4. The van der Waals surface area contributed by atoms with Gasteiger partial charge in [-0.2, -0.15) is 0 Å². The number of anilines is 1. The third-order valence-electron chi connectivity index (χ3n) is 2.90. The van der Waals surface area contributed by atoms with Gasteiger partial charge in [0.15, 0.2) is 0 Å². The van der Waals surface area contributed by atoms with E-state index in [4.69, 9.17) is 10.2 Å². The first-order chi connectivity index (χ1) is 10.5. The van der Waals surface area contributed by atoms with E-state index in [-0.39, 0.29) is 11.1 Å². The Kier molecular flexibility index (Phi) is 4.53. The smallest absolute Gasteiger partial charge is 0.337 e.